The number of nitro benzene ring substituents is 1. The lowest BCUT2D eigenvalue weighted by Crippen LogP contribution is -2.46. The van der Waals surface area contributed by atoms with Gasteiger partial charge in [-0.1, -0.05) is 33.1 Å². The number of carbonyl (C=O) groups is 2. The maximum Gasteiger partial charge on any atom is 0.329 e. The van der Waals surface area contributed by atoms with Crippen molar-refractivity contribution in [3.05, 3.63) is 39.9 Å². The molecule has 1 aliphatic rings. The fourth-order valence-electron chi connectivity index (χ4n) is 2.98. The molecule has 1 fully saturated rings. The van der Waals surface area contributed by atoms with Gasteiger partial charge in [0.05, 0.1) is 16.9 Å². The highest BCUT2D eigenvalue weighted by Gasteiger charge is 2.42. The Balaban J connectivity index is 2.20. The Labute approximate surface area is 163 Å². The average Bonchev–Trinajstić information content (AvgIpc) is 3.09. The summed E-state index contributed by atoms with van der Waals surface area (Å²) in [7, 11) is 0. The minimum absolute atomic E-state index is 0.0688. The highest BCUT2D eigenvalue weighted by atomic mass is 32.2. The number of ether oxygens (including phenoxy) is 1. The van der Waals surface area contributed by atoms with Gasteiger partial charge in [0.15, 0.2) is 0 Å². The molecule has 1 heterocycles. The molecule has 0 aromatic heterocycles. The molecule has 7 nitrogen and oxygen atoms in total. The first kappa shape index (κ1) is 21.2. The van der Waals surface area contributed by atoms with Crippen molar-refractivity contribution in [1.82, 2.24) is 4.90 Å². The molecule has 0 spiro atoms. The fourth-order valence-corrected chi connectivity index (χ4v) is 4.42. The molecule has 0 bridgehead atoms. The first-order chi connectivity index (χ1) is 13.0. The van der Waals surface area contributed by atoms with Crippen LogP contribution in [0, 0.1) is 10.1 Å². The molecule has 1 amide bonds. The van der Waals surface area contributed by atoms with Gasteiger partial charge in [0, 0.05) is 23.4 Å². The van der Waals surface area contributed by atoms with E-state index in [9.17, 15) is 19.7 Å². The second kappa shape index (κ2) is 10.3. The number of rotatable bonds is 9. The van der Waals surface area contributed by atoms with Crippen LogP contribution in [-0.2, 0) is 9.53 Å². The quantitative estimate of drug-likeness (QED) is 0.272. The van der Waals surface area contributed by atoms with E-state index in [0.29, 0.717) is 17.9 Å². The summed E-state index contributed by atoms with van der Waals surface area (Å²) < 4.78 is 5.28. The smallest absolute Gasteiger partial charge is 0.329 e. The van der Waals surface area contributed by atoms with Gasteiger partial charge in [-0.05, 0) is 25.0 Å². The van der Waals surface area contributed by atoms with E-state index in [2.05, 4.69) is 6.92 Å². The van der Waals surface area contributed by atoms with Crippen LogP contribution in [0.1, 0.15) is 56.3 Å². The molecule has 0 radical (unpaired) electrons. The second-order valence-electron chi connectivity index (χ2n) is 6.48. The van der Waals surface area contributed by atoms with Gasteiger partial charge in [0.25, 0.3) is 11.6 Å². The third kappa shape index (κ3) is 5.45. The van der Waals surface area contributed by atoms with Crippen molar-refractivity contribution in [2.75, 3.05) is 12.4 Å². The van der Waals surface area contributed by atoms with Crippen molar-refractivity contribution in [2.45, 2.75) is 57.4 Å². The van der Waals surface area contributed by atoms with Gasteiger partial charge < -0.3 is 9.64 Å². The summed E-state index contributed by atoms with van der Waals surface area (Å²) >= 11 is 1.60. The van der Waals surface area contributed by atoms with Gasteiger partial charge in [0.1, 0.15) is 6.04 Å². The predicted octanol–water partition coefficient (Wildman–Crippen LogP) is 4.01. The van der Waals surface area contributed by atoms with Crippen LogP contribution in [0.15, 0.2) is 24.3 Å². The summed E-state index contributed by atoms with van der Waals surface area (Å²) in [6.07, 6.45) is 4.67. The molecule has 148 valence electrons. The summed E-state index contributed by atoms with van der Waals surface area (Å²) in [5.41, 5.74) is 0.276. The summed E-state index contributed by atoms with van der Waals surface area (Å²) in [6.45, 7) is 4.37. The second-order valence-corrected chi connectivity index (χ2v) is 7.69. The van der Waals surface area contributed by atoms with Crippen molar-refractivity contribution >= 4 is 29.3 Å². The van der Waals surface area contributed by atoms with Crippen LogP contribution in [0.5, 0.6) is 0 Å². The number of esters is 1. The number of benzene rings is 1. The number of thioether (sulfide) groups is 1. The van der Waals surface area contributed by atoms with Gasteiger partial charge in [-0.15, -0.1) is 11.8 Å². The van der Waals surface area contributed by atoms with Crippen LogP contribution in [0.2, 0.25) is 0 Å². The Morgan fingerprint density at radius 2 is 1.93 bits per heavy atom. The molecule has 1 saturated heterocycles. The molecule has 1 aromatic rings. The zero-order valence-electron chi connectivity index (χ0n) is 15.8. The average molecular weight is 394 g/mol. The zero-order chi connectivity index (χ0) is 19.8. The third-order valence-corrected chi connectivity index (χ3v) is 5.78. The first-order valence-electron chi connectivity index (χ1n) is 9.34. The number of nitrogens with zero attached hydrogens (tertiary/aromatic N) is 2. The van der Waals surface area contributed by atoms with Gasteiger partial charge >= 0.3 is 5.97 Å². The summed E-state index contributed by atoms with van der Waals surface area (Å²) in [6, 6.07) is 4.90. The summed E-state index contributed by atoms with van der Waals surface area (Å²) in [5, 5.41) is 10.7. The van der Waals surface area contributed by atoms with Crippen LogP contribution < -0.4 is 0 Å². The Bertz CT molecular complexity index is 665. The monoisotopic (exact) mass is 394 g/mol. The maximum absolute atomic E-state index is 13.1. The van der Waals surface area contributed by atoms with Crippen molar-refractivity contribution in [3.8, 4) is 0 Å². The predicted molar refractivity (Wildman–Crippen MR) is 105 cm³/mol. The molecular weight excluding hydrogens is 368 g/mol. The van der Waals surface area contributed by atoms with Crippen molar-refractivity contribution in [3.63, 3.8) is 0 Å². The lowest BCUT2D eigenvalue weighted by atomic mass is 10.1. The molecule has 1 aliphatic heterocycles. The topological polar surface area (TPSA) is 89.8 Å². The van der Waals surface area contributed by atoms with E-state index in [-0.39, 0.29) is 22.9 Å². The highest BCUT2D eigenvalue weighted by molar-refractivity contribution is 8.00. The molecule has 0 N–H and O–H groups in total. The van der Waals surface area contributed by atoms with E-state index in [4.69, 9.17) is 4.74 Å². The number of unbranched alkanes of at least 4 members (excludes halogenated alkanes) is 2. The van der Waals surface area contributed by atoms with Crippen LogP contribution in [0.4, 0.5) is 5.69 Å². The standard InChI is InChI=1S/C19H26N2O5S/c1-3-5-6-7-17-20(16(13-27-17)19(23)26-12-4-2)18(22)14-8-10-15(11-9-14)21(24)25/h8-11,16-17H,3-7,12-13H2,1-2H3. The normalized spacial score (nSPS) is 19.1. The lowest BCUT2D eigenvalue weighted by Gasteiger charge is -2.28. The number of amides is 1. The van der Waals surface area contributed by atoms with Gasteiger partial charge in [0.2, 0.25) is 0 Å². The van der Waals surface area contributed by atoms with Crippen LogP contribution in [0.3, 0.4) is 0 Å². The van der Waals surface area contributed by atoms with Crippen molar-refractivity contribution < 1.29 is 19.2 Å². The molecule has 8 heteroatoms. The molecule has 1 aromatic carbocycles. The summed E-state index contributed by atoms with van der Waals surface area (Å²) in [5.74, 6) is -0.148. The van der Waals surface area contributed by atoms with Crippen molar-refractivity contribution in [1.29, 1.82) is 0 Å². The number of non-ortho nitro benzene ring substituents is 1. The number of hydrogen-bond donors (Lipinski definition) is 0. The maximum atomic E-state index is 13.1. The van der Waals surface area contributed by atoms with E-state index in [0.717, 1.165) is 32.1 Å². The Morgan fingerprint density at radius 3 is 2.52 bits per heavy atom. The number of hydrogen-bond acceptors (Lipinski definition) is 6. The minimum Gasteiger partial charge on any atom is -0.464 e. The van der Waals surface area contributed by atoms with Crippen LogP contribution in [-0.4, -0.2) is 45.5 Å². The van der Waals surface area contributed by atoms with Crippen molar-refractivity contribution in [2.24, 2.45) is 0 Å². The molecule has 2 unspecified atom stereocenters. The largest absolute Gasteiger partial charge is 0.464 e. The molecular formula is C19H26N2O5S. The highest BCUT2D eigenvalue weighted by Crippen LogP contribution is 2.34. The summed E-state index contributed by atoms with van der Waals surface area (Å²) in [4.78, 5) is 37.5. The molecule has 0 saturated carbocycles. The molecule has 2 atom stereocenters. The third-order valence-electron chi connectivity index (χ3n) is 4.43. The Morgan fingerprint density at radius 1 is 1.22 bits per heavy atom. The fraction of sp³-hybridized carbons (Fsp3) is 0.579. The van der Waals surface area contributed by atoms with Crippen LogP contribution in [0.25, 0.3) is 0 Å². The zero-order valence-corrected chi connectivity index (χ0v) is 16.6. The van der Waals surface area contributed by atoms with E-state index in [1.54, 1.807) is 16.7 Å². The van der Waals surface area contributed by atoms with Crippen LogP contribution >= 0.6 is 11.8 Å². The lowest BCUT2D eigenvalue weighted by molar-refractivity contribution is -0.384. The SMILES string of the molecule is CCCCCC1SCC(C(=O)OCCC)N1C(=O)c1ccc([N+](=O)[O-])cc1. The number of nitro groups is 1. The molecule has 0 aliphatic carbocycles. The van der Waals surface area contributed by atoms with Gasteiger partial charge in [-0.3, -0.25) is 14.9 Å². The van der Waals surface area contributed by atoms with E-state index < -0.39 is 11.0 Å². The molecule has 27 heavy (non-hydrogen) atoms. The van der Waals surface area contributed by atoms with E-state index >= 15 is 0 Å². The Hall–Kier alpha value is -2.09. The van der Waals surface area contributed by atoms with E-state index in [1.807, 2.05) is 6.92 Å². The molecule has 2 rings (SSSR count). The Kier molecular flexibility index (Phi) is 8.09. The van der Waals surface area contributed by atoms with Gasteiger partial charge in [-0.2, -0.15) is 0 Å². The van der Waals surface area contributed by atoms with E-state index in [1.165, 1.54) is 24.3 Å². The number of carbonyl (C=O) groups excluding carboxylic acids is 2. The minimum atomic E-state index is -0.615. The first-order valence-corrected chi connectivity index (χ1v) is 10.4. The van der Waals surface area contributed by atoms with Gasteiger partial charge in [-0.25, -0.2) is 4.79 Å².